The SMILES string of the molecule is Cc1ccc(-c2n[nH]c(C)c2N)cc1C. The number of nitrogens with two attached hydrogens (primary N) is 1. The molecule has 0 unspecified atom stereocenters. The van der Waals surface area contributed by atoms with Gasteiger partial charge in [-0.2, -0.15) is 5.10 Å². The lowest BCUT2D eigenvalue weighted by Crippen LogP contribution is -1.90. The molecule has 3 N–H and O–H groups in total. The van der Waals surface area contributed by atoms with Crippen molar-refractivity contribution < 1.29 is 0 Å². The van der Waals surface area contributed by atoms with Gasteiger partial charge in [0.05, 0.1) is 11.4 Å². The molecule has 3 nitrogen and oxygen atoms in total. The van der Waals surface area contributed by atoms with E-state index in [1.54, 1.807) is 0 Å². The number of anilines is 1. The minimum Gasteiger partial charge on any atom is -0.395 e. The fourth-order valence-electron chi connectivity index (χ4n) is 1.55. The van der Waals surface area contributed by atoms with E-state index in [2.05, 4.69) is 36.2 Å². The molecule has 0 radical (unpaired) electrons. The van der Waals surface area contributed by atoms with Gasteiger partial charge >= 0.3 is 0 Å². The highest BCUT2D eigenvalue weighted by Crippen LogP contribution is 2.26. The summed E-state index contributed by atoms with van der Waals surface area (Å²) in [4.78, 5) is 0. The van der Waals surface area contributed by atoms with Crippen LogP contribution in [0.1, 0.15) is 16.8 Å². The van der Waals surface area contributed by atoms with E-state index >= 15 is 0 Å². The number of hydrogen-bond acceptors (Lipinski definition) is 2. The van der Waals surface area contributed by atoms with Gasteiger partial charge in [-0.1, -0.05) is 12.1 Å². The van der Waals surface area contributed by atoms with Gasteiger partial charge in [-0.05, 0) is 38.0 Å². The van der Waals surface area contributed by atoms with E-state index in [-0.39, 0.29) is 0 Å². The van der Waals surface area contributed by atoms with Crippen LogP contribution >= 0.6 is 0 Å². The third-order valence-corrected chi connectivity index (χ3v) is 2.77. The summed E-state index contributed by atoms with van der Waals surface area (Å²) in [6.07, 6.45) is 0. The highest BCUT2D eigenvalue weighted by molar-refractivity contribution is 5.74. The molecule has 2 rings (SSSR count). The Morgan fingerprint density at radius 2 is 1.87 bits per heavy atom. The van der Waals surface area contributed by atoms with E-state index in [0.29, 0.717) is 0 Å². The first-order valence-electron chi connectivity index (χ1n) is 4.97. The molecule has 78 valence electrons. The Hall–Kier alpha value is -1.77. The number of nitrogens with zero attached hydrogens (tertiary/aromatic N) is 1. The van der Waals surface area contributed by atoms with Crippen molar-refractivity contribution >= 4 is 5.69 Å². The molecule has 0 aliphatic rings. The Kier molecular flexibility index (Phi) is 2.23. The second kappa shape index (κ2) is 3.42. The van der Waals surface area contributed by atoms with Gasteiger partial charge in [0.1, 0.15) is 5.69 Å². The summed E-state index contributed by atoms with van der Waals surface area (Å²) in [5.74, 6) is 0. The Balaban J connectivity index is 2.55. The standard InChI is InChI=1S/C12H15N3/c1-7-4-5-10(6-8(7)2)12-11(13)9(3)14-15-12/h4-6H,13H2,1-3H3,(H,14,15). The van der Waals surface area contributed by atoms with E-state index < -0.39 is 0 Å². The monoisotopic (exact) mass is 201 g/mol. The molecule has 0 amide bonds. The molecule has 3 heteroatoms. The van der Waals surface area contributed by atoms with Crippen molar-refractivity contribution in [1.82, 2.24) is 10.2 Å². The maximum absolute atomic E-state index is 5.93. The molecular weight excluding hydrogens is 186 g/mol. The molecule has 15 heavy (non-hydrogen) atoms. The van der Waals surface area contributed by atoms with Crippen LogP contribution in [0.4, 0.5) is 5.69 Å². The van der Waals surface area contributed by atoms with Gasteiger partial charge in [0.2, 0.25) is 0 Å². The molecule has 0 fully saturated rings. The average molecular weight is 201 g/mol. The van der Waals surface area contributed by atoms with Gasteiger partial charge in [0.25, 0.3) is 0 Å². The summed E-state index contributed by atoms with van der Waals surface area (Å²) in [7, 11) is 0. The second-order valence-corrected chi connectivity index (χ2v) is 3.91. The smallest absolute Gasteiger partial charge is 0.115 e. The van der Waals surface area contributed by atoms with Crippen LogP contribution in [0.5, 0.6) is 0 Å². The zero-order valence-corrected chi connectivity index (χ0v) is 9.26. The second-order valence-electron chi connectivity index (χ2n) is 3.91. The minimum atomic E-state index is 0.734. The van der Waals surface area contributed by atoms with E-state index in [1.165, 1.54) is 11.1 Å². The molecule has 0 saturated carbocycles. The first-order valence-corrected chi connectivity index (χ1v) is 4.97. The molecule has 0 spiro atoms. The van der Waals surface area contributed by atoms with Crippen LogP contribution in [0.2, 0.25) is 0 Å². The maximum Gasteiger partial charge on any atom is 0.115 e. The third-order valence-electron chi connectivity index (χ3n) is 2.77. The first kappa shape index (κ1) is 9.77. The fourth-order valence-corrected chi connectivity index (χ4v) is 1.55. The summed E-state index contributed by atoms with van der Waals surface area (Å²) in [6.45, 7) is 6.11. The Labute approximate surface area is 89.3 Å². The average Bonchev–Trinajstić information content (AvgIpc) is 2.53. The van der Waals surface area contributed by atoms with Crippen molar-refractivity contribution in [3.8, 4) is 11.3 Å². The number of nitrogen functional groups attached to an aromatic ring is 1. The van der Waals surface area contributed by atoms with E-state index in [1.807, 2.05) is 13.0 Å². The quantitative estimate of drug-likeness (QED) is 0.745. The number of aromatic amines is 1. The Morgan fingerprint density at radius 3 is 2.40 bits per heavy atom. The number of H-pyrrole nitrogens is 1. The highest BCUT2D eigenvalue weighted by atomic mass is 15.1. The van der Waals surface area contributed by atoms with Crippen molar-refractivity contribution in [2.24, 2.45) is 0 Å². The number of nitrogens with one attached hydrogen (secondary N) is 1. The summed E-state index contributed by atoms with van der Waals surface area (Å²) < 4.78 is 0. The Morgan fingerprint density at radius 1 is 1.13 bits per heavy atom. The largest absolute Gasteiger partial charge is 0.395 e. The van der Waals surface area contributed by atoms with Gasteiger partial charge in [-0.25, -0.2) is 0 Å². The molecule has 1 aromatic carbocycles. The van der Waals surface area contributed by atoms with E-state index in [0.717, 1.165) is 22.6 Å². The van der Waals surface area contributed by atoms with Gasteiger partial charge in [0, 0.05) is 5.56 Å². The number of aryl methyl sites for hydroxylation is 3. The molecule has 0 saturated heterocycles. The number of benzene rings is 1. The van der Waals surface area contributed by atoms with Crippen LogP contribution in [0.3, 0.4) is 0 Å². The third kappa shape index (κ3) is 1.61. The minimum absolute atomic E-state index is 0.734. The summed E-state index contributed by atoms with van der Waals surface area (Å²) in [6, 6.07) is 6.25. The van der Waals surface area contributed by atoms with Crippen molar-refractivity contribution in [3.05, 3.63) is 35.0 Å². The van der Waals surface area contributed by atoms with Gasteiger partial charge < -0.3 is 5.73 Å². The predicted molar refractivity (Wildman–Crippen MR) is 62.6 cm³/mol. The van der Waals surface area contributed by atoms with Crippen LogP contribution in [-0.2, 0) is 0 Å². The Bertz CT molecular complexity index is 498. The van der Waals surface area contributed by atoms with Gasteiger partial charge in [-0.3, -0.25) is 5.10 Å². The van der Waals surface area contributed by atoms with Crippen LogP contribution in [0.25, 0.3) is 11.3 Å². The number of hydrogen-bond donors (Lipinski definition) is 2. The molecule has 1 aromatic heterocycles. The predicted octanol–water partition coefficient (Wildman–Crippen LogP) is 2.58. The summed E-state index contributed by atoms with van der Waals surface area (Å²) >= 11 is 0. The molecule has 0 atom stereocenters. The zero-order chi connectivity index (χ0) is 11.0. The highest BCUT2D eigenvalue weighted by Gasteiger charge is 2.09. The topological polar surface area (TPSA) is 54.7 Å². The zero-order valence-electron chi connectivity index (χ0n) is 9.26. The van der Waals surface area contributed by atoms with Gasteiger partial charge in [0.15, 0.2) is 0 Å². The molecule has 2 aromatic rings. The lowest BCUT2D eigenvalue weighted by atomic mass is 10.0. The van der Waals surface area contributed by atoms with Crippen LogP contribution < -0.4 is 5.73 Å². The lowest BCUT2D eigenvalue weighted by molar-refractivity contribution is 1.05. The normalized spacial score (nSPS) is 10.6. The number of aromatic nitrogens is 2. The summed E-state index contributed by atoms with van der Waals surface area (Å²) in [5, 5.41) is 7.10. The van der Waals surface area contributed by atoms with E-state index in [9.17, 15) is 0 Å². The number of rotatable bonds is 1. The van der Waals surface area contributed by atoms with Crippen LogP contribution in [-0.4, -0.2) is 10.2 Å². The van der Waals surface area contributed by atoms with E-state index in [4.69, 9.17) is 5.73 Å². The lowest BCUT2D eigenvalue weighted by Gasteiger charge is -2.03. The van der Waals surface area contributed by atoms with Crippen molar-refractivity contribution in [3.63, 3.8) is 0 Å². The molecule has 0 aliphatic carbocycles. The maximum atomic E-state index is 5.93. The van der Waals surface area contributed by atoms with Crippen LogP contribution in [0, 0.1) is 20.8 Å². The van der Waals surface area contributed by atoms with Crippen LogP contribution in [0.15, 0.2) is 18.2 Å². The summed E-state index contributed by atoms with van der Waals surface area (Å²) in [5.41, 5.74) is 12.0. The molecule has 0 bridgehead atoms. The fraction of sp³-hybridized carbons (Fsp3) is 0.250. The molecule has 1 heterocycles. The van der Waals surface area contributed by atoms with Crippen molar-refractivity contribution in [2.75, 3.05) is 5.73 Å². The first-order chi connectivity index (χ1) is 7.09. The van der Waals surface area contributed by atoms with Gasteiger partial charge in [-0.15, -0.1) is 0 Å². The molecule has 0 aliphatic heterocycles. The van der Waals surface area contributed by atoms with Crippen molar-refractivity contribution in [1.29, 1.82) is 0 Å². The van der Waals surface area contributed by atoms with Crippen molar-refractivity contribution in [2.45, 2.75) is 20.8 Å². The molecular formula is C12H15N3.